The molecule has 3 heterocycles. The number of aliphatic hydroxyl groups is 1. The number of nitrogens with one attached hydrogen (secondary N) is 1. The molecule has 2 aromatic rings. The lowest BCUT2D eigenvalue weighted by Gasteiger charge is -2.36. The first-order chi connectivity index (χ1) is 11.5. The van der Waals surface area contributed by atoms with E-state index in [0.717, 1.165) is 10.6 Å². The fourth-order valence-electron chi connectivity index (χ4n) is 2.88. The van der Waals surface area contributed by atoms with Crippen molar-refractivity contribution in [3.05, 3.63) is 38.7 Å². The van der Waals surface area contributed by atoms with Gasteiger partial charge in [-0.15, -0.1) is 11.3 Å². The van der Waals surface area contributed by atoms with Crippen molar-refractivity contribution < 1.29 is 19.1 Å². The monoisotopic (exact) mass is 368 g/mol. The van der Waals surface area contributed by atoms with E-state index in [0.29, 0.717) is 42.3 Å². The van der Waals surface area contributed by atoms with Crippen LogP contribution in [-0.4, -0.2) is 46.7 Å². The molecule has 24 heavy (non-hydrogen) atoms. The largest absolute Gasteiger partial charge is 0.467 e. The molecule has 1 amide bonds. The van der Waals surface area contributed by atoms with Crippen LogP contribution in [0, 0.1) is 10.9 Å². The van der Waals surface area contributed by atoms with Crippen LogP contribution in [0.3, 0.4) is 0 Å². The summed E-state index contributed by atoms with van der Waals surface area (Å²) in [5, 5.41) is 10.3. The van der Waals surface area contributed by atoms with Crippen LogP contribution >= 0.6 is 23.6 Å². The predicted octanol–water partition coefficient (Wildman–Crippen LogP) is 2.60. The number of aliphatic hydroxyl groups excluding tert-OH is 1. The summed E-state index contributed by atoms with van der Waals surface area (Å²) < 4.78 is 11.4. The van der Waals surface area contributed by atoms with Gasteiger partial charge in [0.1, 0.15) is 11.9 Å². The predicted molar refractivity (Wildman–Crippen MR) is 92.5 cm³/mol. The number of rotatable bonds is 5. The van der Waals surface area contributed by atoms with E-state index >= 15 is 0 Å². The van der Waals surface area contributed by atoms with Gasteiger partial charge in [-0.05, 0) is 31.3 Å². The van der Waals surface area contributed by atoms with Crippen molar-refractivity contribution in [3.8, 4) is 0 Å². The Morgan fingerprint density at radius 2 is 2.46 bits per heavy atom. The molecular weight excluding hydrogens is 348 g/mol. The normalized spacial score (nSPS) is 19.4. The SMILES string of the molecule is Cc1[nH]c(=S)sc1CC(=O)N1CCOCC1CC(O)c1ccco1. The Morgan fingerprint density at radius 1 is 1.62 bits per heavy atom. The third-order valence-corrected chi connectivity index (χ3v) is 5.49. The van der Waals surface area contributed by atoms with Crippen LogP contribution in [0.15, 0.2) is 22.8 Å². The van der Waals surface area contributed by atoms with Gasteiger partial charge in [0.25, 0.3) is 0 Å². The van der Waals surface area contributed by atoms with Crippen molar-refractivity contribution in [2.75, 3.05) is 19.8 Å². The smallest absolute Gasteiger partial charge is 0.228 e. The molecule has 0 bridgehead atoms. The molecule has 1 fully saturated rings. The van der Waals surface area contributed by atoms with Gasteiger partial charge in [-0.2, -0.15) is 0 Å². The number of aryl methyl sites for hydroxylation is 1. The van der Waals surface area contributed by atoms with Gasteiger partial charge >= 0.3 is 0 Å². The molecule has 2 unspecified atom stereocenters. The fraction of sp³-hybridized carbons (Fsp3) is 0.500. The Morgan fingerprint density at radius 3 is 3.12 bits per heavy atom. The van der Waals surface area contributed by atoms with E-state index in [4.69, 9.17) is 21.4 Å². The number of ether oxygens (including phenoxy) is 1. The lowest BCUT2D eigenvalue weighted by molar-refractivity contribution is -0.140. The number of carbonyl (C=O) groups is 1. The van der Waals surface area contributed by atoms with Gasteiger partial charge in [-0.3, -0.25) is 4.79 Å². The number of hydrogen-bond donors (Lipinski definition) is 2. The van der Waals surface area contributed by atoms with E-state index in [-0.39, 0.29) is 11.9 Å². The number of thiazole rings is 1. The second-order valence-electron chi connectivity index (χ2n) is 5.82. The van der Waals surface area contributed by atoms with Crippen LogP contribution < -0.4 is 0 Å². The minimum Gasteiger partial charge on any atom is -0.467 e. The maximum Gasteiger partial charge on any atom is 0.228 e. The molecule has 1 aliphatic rings. The molecule has 130 valence electrons. The molecule has 0 spiro atoms. The van der Waals surface area contributed by atoms with Crippen molar-refractivity contribution in [1.29, 1.82) is 0 Å². The lowest BCUT2D eigenvalue weighted by atomic mass is 10.0. The Bertz CT molecular complexity index is 738. The van der Waals surface area contributed by atoms with E-state index in [1.807, 2.05) is 6.92 Å². The third-order valence-electron chi connectivity index (χ3n) is 4.15. The molecule has 2 aromatic heterocycles. The molecule has 2 atom stereocenters. The first kappa shape index (κ1) is 17.3. The highest BCUT2D eigenvalue weighted by Gasteiger charge is 2.30. The first-order valence-electron chi connectivity index (χ1n) is 7.82. The summed E-state index contributed by atoms with van der Waals surface area (Å²) in [6.07, 6.45) is 1.48. The number of aromatic nitrogens is 1. The summed E-state index contributed by atoms with van der Waals surface area (Å²) in [7, 11) is 0. The molecule has 3 rings (SSSR count). The molecule has 0 aliphatic carbocycles. The lowest BCUT2D eigenvalue weighted by Crippen LogP contribution is -2.49. The second kappa shape index (κ2) is 7.60. The van der Waals surface area contributed by atoms with Crippen LogP contribution in [-0.2, 0) is 16.0 Å². The van der Waals surface area contributed by atoms with E-state index in [9.17, 15) is 9.90 Å². The number of H-pyrrole nitrogens is 1. The number of hydrogen-bond acceptors (Lipinski definition) is 6. The van der Waals surface area contributed by atoms with Crippen LogP contribution in [0.1, 0.15) is 28.9 Å². The number of carbonyl (C=O) groups excluding carboxylic acids is 1. The van der Waals surface area contributed by atoms with Gasteiger partial charge in [0, 0.05) is 23.5 Å². The van der Waals surface area contributed by atoms with E-state index in [1.165, 1.54) is 17.6 Å². The Labute approximate surface area is 149 Å². The van der Waals surface area contributed by atoms with Gasteiger partial charge in [-0.1, -0.05) is 0 Å². The van der Waals surface area contributed by atoms with Gasteiger partial charge in [0.2, 0.25) is 5.91 Å². The maximum absolute atomic E-state index is 12.7. The van der Waals surface area contributed by atoms with Gasteiger partial charge in [0.15, 0.2) is 3.95 Å². The highest BCUT2D eigenvalue weighted by atomic mass is 32.1. The maximum atomic E-state index is 12.7. The molecule has 6 nitrogen and oxygen atoms in total. The summed E-state index contributed by atoms with van der Waals surface area (Å²) in [6, 6.07) is 3.30. The summed E-state index contributed by atoms with van der Waals surface area (Å²) in [4.78, 5) is 18.6. The van der Waals surface area contributed by atoms with Crippen LogP contribution in [0.5, 0.6) is 0 Å². The second-order valence-corrected chi connectivity index (χ2v) is 7.59. The minimum absolute atomic E-state index is 0.0308. The molecule has 1 saturated heterocycles. The zero-order valence-electron chi connectivity index (χ0n) is 13.4. The van der Waals surface area contributed by atoms with Crippen molar-refractivity contribution in [2.45, 2.75) is 31.9 Å². The van der Waals surface area contributed by atoms with Crippen LogP contribution in [0.4, 0.5) is 0 Å². The standard InChI is InChI=1S/C16H20N2O4S2/c1-10-14(24-16(23)17-10)8-15(20)18-4-6-21-9-11(18)7-12(19)13-3-2-5-22-13/h2-3,5,11-12,19H,4,6-9H2,1H3,(H,17,23). The molecule has 0 saturated carbocycles. The number of furan rings is 1. The minimum atomic E-state index is -0.752. The molecule has 1 aliphatic heterocycles. The molecular formula is C16H20N2O4S2. The summed E-state index contributed by atoms with van der Waals surface area (Å²) in [6.45, 7) is 3.39. The highest BCUT2D eigenvalue weighted by molar-refractivity contribution is 7.73. The Hall–Kier alpha value is -1.48. The highest BCUT2D eigenvalue weighted by Crippen LogP contribution is 2.24. The molecule has 0 aromatic carbocycles. The quantitative estimate of drug-likeness (QED) is 0.793. The van der Waals surface area contributed by atoms with Crippen molar-refractivity contribution >= 4 is 29.5 Å². The third kappa shape index (κ3) is 3.94. The molecule has 0 radical (unpaired) electrons. The van der Waals surface area contributed by atoms with Crippen molar-refractivity contribution in [1.82, 2.24) is 9.88 Å². The van der Waals surface area contributed by atoms with Crippen molar-refractivity contribution in [2.24, 2.45) is 0 Å². The summed E-state index contributed by atoms with van der Waals surface area (Å²) in [5.41, 5.74) is 0.943. The van der Waals surface area contributed by atoms with E-state index in [1.54, 1.807) is 17.0 Å². The zero-order valence-corrected chi connectivity index (χ0v) is 15.0. The Balaban J connectivity index is 1.68. The fourth-order valence-corrected chi connectivity index (χ4v) is 4.16. The summed E-state index contributed by atoms with van der Waals surface area (Å²) >= 11 is 6.57. The zero-order chi connectivity index (χ0) is 17.1. The van der Waals surface area contributed by atoms with Gasteiger partial charge in [-0.25, -0.2) is 0 Å². The first-order valence-corrected chi connectivity index (χ1v) is 9.04. The Kier molecular flexibility index (Phi) is 5.50. The number of aromatic amines is 1. The van der Waals surface area contributed by atoms with Crippen LogP contribution in [0.25, 0.3) is 0 Å². The van der Waals surface area contributed by atoms with E-state index < -0.39 is 6.10 Å². The summed E-state index contributed by atoms with van der Waals surface area (Å²) in [5.74, 6) is 0.538. The topological polar surface area (TPSA) is 78.7 Å². The van der Waals surface area contributed by atoms with E-state index in [2.05, 4.69) is 4.98 Å². The molecule has 2 N–H and O–H groups in total. The number of morpholine rings is 1. The van der Waals surface area contributed by atoms with Gasteiger partial charge < -0.3 is 24.1 Å². The van der Waals surface area contributed by atoms with Crippen LogP contribution in [0.2, 0.25) is 0 Å². The van der Waals surface area contributed by atoms with Gasteiger partial charge in [0.05, 0.1) is 31.9 Å². The number of amides is 1. The average molecular weight is 368 g/mol. The average Bonchev–Trinajstić information content (AvgIpc) is 3.18. The number of nitrogens with zero attached hydrogens (tertiary/aromatic N) is 1. The molecule has 8 heteroatoms. The van der Waals surface area contributed by atoms with Crippen molar-refractivity contribution in [3.63, 3.8) is 0 Å².